The molecule has 0 aromatic carbocycles. The molecule has 0 heterocycles. The van der Waals surface area contributed by atoms with Crippen molar-refractivity contribution in [3.05, 3.63) is 0 Å². The maximum atomic E-state index is 10.1. The van der Waals surface area contributed by atoms with Gasteiger partial charge in [0.2, 0.25) is 5.91 Å². The van der Waals surface area contributed by atoms with Gasteiger partial charge in [-0.1, -0.05) is 0 Å². The van der Waals surface area contributed by atoms with Crippen LogP contribution in [0, 0.1) is 0 Å². The van der Waals surface area contributed by atoms with E-state index in [1.807, 2.05) is 5.73 Å². The van der Waals surface area contributed by atoms with Crippen LogP contribution in [0.3, 0.4) is 0 Å². The van der Waals surface area contributed by atoms with E-state index in [4.69, 9.17) is 7.15 Å². The van der Waals surface area contributed by atoms with Crippen LogP contribution in [0.2, 0.25) is 1.41 Å². The van der Waals surface area contributed by atoms with Gasteiger partial charge in [-0.15, -0.1) is 0 Å². The summed E-state index contributed by atoms with van der Waals surface area (Å²) in [4.78, 5) is 19.9. The Morgan fingerprint density at radius 1 is 2.00 bits per heavy atom. The molecule has 4 heteroatoms. The molecule has 0 bridgehead atoms. The van der Waals surface area contributed by atoms with Crippen molar-refractivity contribution >= 4 is 12.2 Å². The molecule has 0 unspecified atom stereocenters. The first kappa shape index (κ1) is 5.24. The molecule has 0 fully saturated rings. The third-order valence-electron chi connectivity index (χ3n) is 0.585. The highest BCUT2D eigenvalue weighted by molar-refractivity contribution is 5.78. The minimum Gasteiger partial charge on any atom is -0.370 e. The lowest BCUT2D eigenvalue weighted by Gasteiger charge is -1.95. The second-order valence-corrected chi connectivity index (χ2v) is 1.41. The van der Waals surface area contributed by atoms with Gasteiger partial charge in [0.05, 0.1) is 6.04 Å². The smallest absolute Gasteiger partial charge is 0.219 e. The normalized spacial score (nSPS) is 14.2. The van der Waals surface area contributed by atoms with Crippen LogP contribution in [0.1, 0.15) is 6.42 Å². The Morgan fingerprint density at radius 3 is 2.75 bits per heavy atom. The fourth-order valence-corrected chi connectivity index (χ4v) is 0.265. The van der Waals surface area contributed by atoms with Crippen LogP contribution in [0.25, 0.3) is 0 Å². The Labute approximate surface area is 48.3 Å². The lowest BCUT2D eigenvalue weighted by atomic mass is 10.2. The highest BCUT2D eigenvalue weighted by Crippen LogP contribution is 1.78. The number of carbonyl (C=O) groups is 2. The van der Waals surface area contributed by atoms with E-state index in [1.54, 1.807) is 0 Å². The molecule has 0 saturated heterocycles. The average molecular weight is 118 g/mol. The van der Waals surface area contributed by atoms with E-state index in [-0.39, 0.29) is 6.42 Å². The Morgan fingerprint density at radius 2 is 2.62 bits per heavy atom. The molecule has 0 aromatic rings. The number of amides is 1. The largest absolute Gasteiger partial charge is 0.370 e. The summed E-state index contributed by atoms with van der Waals surface area (Å²) in [7, 11) is 0. The summed E-state index contributed by atoms with van der Waals surface area (Å²) in [6.45, 7) is 0. The topological polar surface area (TPSA) is 86.2 Å². The van der Waals surface area contributed by atoms with E-state index in [0.717, 1.165) is 0 Å². The molecule has 0 aliphatic rings. The van der Waals surface area contributed by atoms with Crippen molar-refractivity contribution in [3.8, 4) is 0 Å². The zero-order chi connectivity index (χ0) is 7.28. The van der Waals surface area contributed by atoms with E-state index >= 15 is 0 Å². The molecule has 8 heavy (non-hydrogen) atoms. The number of hydrogen-bond donors (Lipinski definition) is 2. The van der Waals surface area contributed by atoms with Crippen molar-refractivity contribution in [1.82, 2.24) is 0 Å². The zero-order valence-corrected chi connectivity index (χ0v) is 4.26. The minimum absolute atomic E-state index is 0.118. The van der Waals surface area contributed by atoms with Crippen LogP contribution < -0.4 is 11.5 Å². The van der Waals surface area contributed by atoms with Crippen LogP contribution in [-0.4, -0.2) is 18.2 Å². The maximum Gasteiger partial charge on any atom is 0.219 e. The Kier molecular flexibility index (Phi) is 2.06. The summed E-state index contributed by atoms with van der Waals surface area (Å²) in [5, 5.41) is 0. The first-order valence-corrected chi connectivity index (χ1v) is 2.11. The van der Waals surface area contributed by atoms with E-state index in [9.17, 15) is 9.59 Å². The van der Waals surface area contributed by atoms with Crippen molar-refractivity contribution in [3.63, 3.8) is 0 Å². The zero-order valence-electron chi connectivity index (χ0n) is 5.26. The SMILES string of the molecule is [3H]N[C@@H](C=O)CC(N)=O. The first-order chi connectivity index (χ1) is 4.20. The van der Waals surface area contributed by atoms with Crippen LogP contribution in [-0.2, 0) is 9.59 Å². The molecular formula is C4H8N2O2. The lowest BCUT2D eigenvalue weighted by Crippen LogP contribution is -2.28. The molecule has 0 aromatic heterocycles. The van der Waals surface area contributed by atoms with Crippen LogP contribution in [0.5, 0.6) is 0 Å². The molecular weight excluding hydrogens is 108 g/mol. The highest BCUT2D eigenvalue weighted by Gasteiger charge is 2.02. The molecule has 46 valence electrons. The van der Waals surface area contributed by atoms with Crippen LogP contribution >= 0.6 is 0 Å². The van der Waals surface area contributed by atoms with Gasteiger partial charge in [-0.05, 0) is 0 Å². The molecule has 1 amide bonds. The highest BCUT2D eigenvalue weighted by atomic mass is 16.1. The third-order valence-corrected chi connectivity index (χ3v) is 0.585. The molecule has 0 saturated carbocycles. The maximum absolute atomic E-state index is 10.1. The van der Waals surface area contributed by atoms with E-state index in [0.29, 0.717) is 6.29 Å². The van der Waals surface area contributed by atoms with Gasteiger partial charge in [0.25, 0.3) is 0 Å². The molecule has 4 nitrogen and oxygen atoms in total. The van der Waals surface area contributed by atoms with Crippen LogP contribution in [0.15, 0.2) is 0 Å². The number of primary amides is 1. The predicted octanol–water partition coefficient (Wildman–Crippen LogP) is -1.61. The summed E-state index contributed by atoms with van der Waals surface area (Å²) >= 11 is 0. The Balaban J connectivity index is 3.55. The van der Waals surface area contributed by atoms with Gasteiger partial charge < -0.3 is 16.3 Å². The molecule has 0 radical (unpaired) electrons. The summed E-state index contributed by atoms with van der Waals surface area (Å²) in [5.74, 6) is -0.591. The van der Waals surface area contributed by atoms with E-state index in [1.165, 1.54) is 0 Å². The Bertz CT molecular complexity index is 117. The molecule has 0 spiro atoms. The molecule has 0 rings (SSSR count). The second kappa shape index (κ2) is 3.15. The van der Waals surface area contributed by atoms with Gasteiger partial charge in [-0.3, -0.25) is 4.79 Å². The number of hydrogen-bond acceptors (Lipinski definition) is 3. The molecule has 1 atom stereocenters. The Hall–Kier alpha value is -0.900. The number of rotatable bonds is 4. The van der Waals surface area contributed by atoms with Gasteiger partial charge >= 0.3 is 0 Å². The van der Waals surface area contributed by atoms with Crippen molar-refractivity contribution in [1.29, 1.82) is 0 Å². The third kappa shape index (κ3) is 3.30. The molecule has 0 aliphatic carbocycles. The van der Waals surface area contributed by atoms with Gasteiger partial charge in [0.1, 0.15) is 7.70 Å². The van der Waals surface area contributed by atoms with E-state index in [2.05, 4.69) is 0 Å². The monoisotopic (exact) mass is 118 g/mol. The van der Waals surface area contributed by atoms with Gasteiger partial charge in [0.15, 0.2) is 0 Å². The van der Waals surface area contributed by atoms with Crippen LogP contribution in [0.4, 0.5) is 0 Å². The number of carbonyl (C=O) groups excluding carboxylic acids is 2. The quantitative estimate of drug-likeness (QED) is 0.435. The summed E-state index contributed by atoms with van der Waals surface area (Å²) in [6.07, 6.45) is 0.352. The van der Waals surface area contributed by atoms with Crippen molar-refractivity contribution in [2.45, 2.75) is 12.5 Å². The average Bonchev–Trinajstić information content (AvgIpc) is 1.82. The van der Waals surface area contributed by atoms with Crippen molar-refractivity contribution < 1.29 is 11.0 Å². The fourth-order valence-electron chi connectivity index (χ4n) is 0.265. The minimum atomic E-state index is -0.762. The van der Waals surface area contributed by atoms with Crippen molar-refractivity contribution in [2.24, 2.45) is 11.5 Å². The summed E-state index contributed by atoms with van der Waals surface area (Å²) < 4.78 is 6.46. The predicted molar refractivity (Wildman–Crippen MR) is 27.9 cm³/mol. The number of nitrogens with two attached hydrogens (primary N) is 2. The van der Waals surface area contributed by atoms with E-state index < -0.39 is 11.9 Å². The molecule has 0 aliphatic heterocycles. The second-order valence-electron chi connectivity index (χ2n) is 1.41. The molecule has 4 N–H and O–H groups in total. The first-order valence-electron chi connectivity index (χ1n) is 2.61. The fraction of sp³-hybridized carbons (Fsp3) is 0.500. The van der Waals surface area contributed by atoms with Gasteiger partial charge in [-0.2, -0.15) is 0 Å². The van der Waals surface area contributed by atoms with Gasteiger partial charge in [-0.25, -0.2) is 0 Å². The summed E-state index contributed by atoms with van der Waals surface area (Å²) in [5.41, 5.74) is 6.59. The summed E-state index contributed by atoms with van der Waals surface area (Å²) in [6, 6.07) is -0.762. The lowest BCUT2D eigenvalue weighted by molar-refractivity contribution is -0.120. The standard InChI is InChI=1S/C4H8N2O2/c5-3(2-7)1-4(6)8/h2-3H,1,5H2,(H2,6,8)/t3-/m1/s1/i/hT. The number of aldehydes is 1. The van der Waals surface area contributed by atoms with Crippen molar-refractivity contribution in [2.75, 3.05) is 0 Å². The van der Waals surface area contributed by atoms with Gasteiger partial charge in [0, 0.05) is 6.42 Å².